The number of thioether (sulfide) groups is 1. The molecular formula is C15H22N4S. The molecule has 0 saturated heterocycles. The Bertz CT molecular complexity index is 512. The van der Waals surface area contributed by atoms with Crippen molar-refractivity contribution in [2.75, 3.05) is 18.1 Å². The normalized spacial score (nSPS) is 16.3. The lowest BCUT2D eigenvalue weighted by Gasteiger charge is -2.40. The highest BCUT2D eigenvalue weighted by atomic mass is 32.2. The van der Waals surface area contributed by atoms with E-state index in [1.165, 1.54) is 19.3 Å². The number of nitrogens with zero attached hydrogens (tertiary/aromatic N) is 3. The summed E-state index contributed by atoms with van der Waals surface area (Å²) >= 11 is 1.92. The van der Waals surface area contributed by atoms with E-state index in [0.29, 0.717) is 16.1 Å². The maximum atomic E-state index is 9.45. The molecule has 108 valence electrons. The van der Waals surface area contributed by atoms with Gasteiger partial charge in [0.05, 0.1) is 5.69 Å². The van der Waals surface area contributed by atoms with E-state index >= 15 is 0 Å². The summed E-state index contributed by atoms with van der Waals surface area (Å²) in [6, 6.07) is 2.31. The van der Waals surface area contributed by atoms with E-state index in [2.05, 4.69) is 41.7 Å². The van der Waals surface area contributed by atoms with Gasteiger partial charge in [-0.3, -0.25) is 0 Å². The van der Waals surface area contributed by atoms with E-state index in [9.17, 15) is 5.26 Å². The molecule has 1 N–H and O–H groups in total. The number of aromatic nitrogens is 2. The minimum absolute atomic E-state index is 0.324. The van der Waals surface area contributed by atoms with Crippen molar-refractivity contribution < 1.29 is 0 Å². The second-order valence-corrected chi connectivity index (χ2v) is 6.54. The fourth-order valence-corrected chi connectivity index (χ4v) is 3.60. The van der Waals surface area contributed by atoms with Crippen LogP contribution in [0.2, 0.25) is 0 Å². The standard InChI is InChI=1S/C15H22N4S/c1-4-11-12(9-16)14(19-18-13(11)5-2)17-10-15(20-3)7-6-8-15/h4-8,10H2,1-3H3,(H,17,19). The van der Waals surface area contributed by atoms with Gasteiger partial charge >= 0.3 is 0 Å². The Morgan fingerprint density at radius 3 is 2.50 bits per heavy atom. The third kappa shape index (κ3) is 2.76. The van der Waals surface area contributed by atoms with Gasteiger partial charge in [0, 0.05) is 11.3 Å². The highest BCUT2D eigenvalue weighted by Gasteiger charge is 2.36. The molecule has 2 rings (SSSR count). The van der Waals surface area contributed by atoms with E-state index < -0.39 is 0 Å². The second-order valence-electron chi connectivity index (χ2n) is 5.26. The molecule has 0 aliphatic heterocycles. The summed E-state index contributed by atoms with van der Waals surface area (Å²) in [4.78, 5) is 0. The van der Waals surface area contributed by atoms with E-state index in [1.54, 1.807) is 0 Å². The number of hydrogen-bond acceptors (Lipinski definition) is 5. The van der Waals surface area contributed by atoms with Gasteiger partial charge in [0.25, 0.3) is 0 Å². The summed E-state index contributed by atoms with van der Waals surface area (Å²) in [5, 5.41) is 21.3. The number of rotatable bonds is 6. The topological polar surface area (TPSA) is 61.6 Å². The smallest absolute Gasteiger partial charge is 0.166 e. The first-order valence-electron chi connectivity index (χ1n) is 7.27. The summed E-state index contributed by atoms with van der Waals surface area (Å²) in [6.07, 6.45) is 7.59. The molecule has 1 heterocycles. The average molecular weight is 290 g/mol. The first-order chi connectivity index (χ1) is 9.69. The van der Waals surface area contributed by atoms with Crippen LogP contribution in [0.15, 0.2) is 0 Å². The molecule has 1 aromatic heterocycles. The van der Waals surface area contributed by atoms with Crippen LogP contribution < -0.4 is 5.32 Å². The highest BCUT2D eigenvalue weighted by Crippen LogP contribution is 2.42. The zero-order valence-electron chi connectivity index (χ0n) is 12.5. The lowest BCUT2D eigenvalue weighted by atomic mass is 9.84. The van der Waals surface area contributed by atoms with Crippen molar-refractivity contribution in [3.8, 4) is 6.07 Å². The Labute approximate surface area is 125 Å². The van der Waals surface area contributed by atoms with Crippen LogP contribution in [0.25, 0.3) is 0 Å². The van der Waals surface area contributed by atoms with Crippen molar-refractivity contribution in [3.63, 3.8) is 0 Å². The quantitative estimate of drug-likeness (QED) is 0.872. The van der Waals surface area contributed by atoms with Gasteiger partial charge in [-0.2, -0.15) is 22.1 Å². The molecule has 0 aromatic carbocycles. The number of anilines is 1. The summed E-state index contributed by atoms with van der Waals surface area (Å²) in [5.41, 5.74) is 2.66. The molecule has 0 spiro atoms. The van der Waals surface area contributed by atoms with Crippen LogP contribution >= 0.6 is 11.8 Å². The number of aryl methyl sites for hydroxylation is 1. The SMILES string of the molecule is CCc1nnc(NCC2(SC)CCC2)c(C#N)c1CC. The van der Waals surface area contributed by atoms with Crippen molar-refractivity contribution in [2.45, 2.75) is 50.7 Å². The molecule has 0 radical (unpaired) electrons. The fraction of sp³-hybridized carbons (Fsp3) is 0.667. The molecule has 1 saturated carbocycles. The van der Waals surface area contributed by atoms with Gasteiger partial charge in [-0.05, 0) is 37.5 Å². The van der Waals surface area contributed by atoms with E-state index in [4.69, 9.17) is 0 Å². The molecule has 0 unspecified atom stereocenters. The maximum Gasteiger partial charge on any atom is 0.166 e. The average Bonchev–Trinajstić information content (AvgIpc) is 2.45. The van der Waals surface area contributed by atoms with E-state index in [1.807, 2.05) is 11.8 Å². The van der Waals surface area contributed by atoms with Crippen LogP contribution in [0, 0.1) is 11.3 Å². The predicted molar refractivity (Wildman–Crippen MR) is 84.1 cm³/mol. The van der Waals surface area contributed by atoms with Gasteiger partial charge in [-0.1, -0.05) is 20.3 Å². The van der Waals surface area contributed by atoms with E-state index in [0.717, 1.165) is 30.6 Å². The van der Waals surface area contributed by atoms with Crippen LogP contribution in [0.3, 0.4) is 0 Å². The summed E-state index contributed by atoms with van der Waals surface area (Å²) in [7, 11) is 0. The molecule has 0 bridgehead atoms. The third-order valence-electron chi connectivity index (χ3n) is 4.23. The molecule has 1 aliphatic carbocycles. The summed E-state index contributed by atoms with van der Waals surface area (Å²) in [5.74, 6) is 0.655. The van der Waals surface area contributed by atoms with Gasteiger partial charge in [0.1, 0.15) is 11.6 Å². The van der Waals surface area contributed by atoms with Crippen molar-refractivity contribution in [1.82, 2.24) is 10.2 Å². The molecule has 5 heteroatoms. The minimum atomic E-state index is 0.324. The minimum Gasteiger partial charge on any atom is -0.366 e. The first-order valence-corrected chi connectivity index (χ1v) is 8.49. The van der Waals surface area contributed by atoms with Crippen molar-refractivity contribution in [1.29, 1.82) is 5.26 Å². The first kappa shape index (κ1) is 15.1. The molecule has 0 atom stereocenters. The third-order valence-corrected chi connectivity index (χ3v) is 5.65. The zero-order valence-corrected chi connectivity index (χ0v) is 13.3. The lowest BCUT2D eigenvalue weighted by Crippen LogP contribution is -2.40. The monoisotopic (exact) mass is 290 g/mol. The van der Waals surface area contributed by atoms with Gasteiger partial charge in [-0.25, -0.2) is 0 Å². The fourth-order valence-electron chi connectivity index (χ4n) is 2.69. The molecule has 1 aromatic rings. The molecule has 1 aliphatic rings. The van der Waals surface area contributed by atoms with Crippen molar-refractivity contribution in [3.05, 3.63) is 16.8 Å². The Morgan fingerprint density at radius 1 is 1.30 bits per heavy atom. The van der Waals surface area contributed by atoms with Crippen molar-refractivity contribution in [2.24, 2.45) is 0 Å². The summed E-state index contributed by atoms with van der Waals surface area (Å²) < 4.78 is 0.324. The van der Waals surface area contributed by atoms with Gasteiger partial charge < -0.3 is 5.32 Å². The summed E-state index contributed by atoms with van der Waals surface area (Å²) in [6.45, 7) is 4.98. The second kappa shape index (κ2) is 6.45. The number of hydrogen-bond donors (Lipinski definition) is 1. The maximum absolute atomic E-state index is 9.45. The molecule has 1 fully saturated rings. The molecule has 20 heavy (non-hydrogen) atoms. The Morgan fingerprint density at radius 2 is 2.05 bits per heavy atom. The van der Waals surface area contributed by atoms with E-state index in [-0.39, 0.29) is 0 Å². The molecular weight excluding hydrogens is 268 g/mol. The highest BCUT2D eigenvalue weighted by molar-refractivity contribution is 8.00. The molecule has 4 nitrogen and oxygen atoms in total. The Hall–Kier alpha value is -1.28. The Kier molecular flexibility index (Phi) is 4.87. The lowest BCUT2D eigenvalue weighted by molar-refractivity contribution is 0.379. The largest absolute Gasteiger partial charge is 0.366 e. The van der Waals surface area contributed by atoms with Crippen molar-refractivity contribution >= 4 is 17.6 Å². The van der Waals surface area contributed by atoms with Crippen LogP contribution in [0.4, 0.5) is 5.82 Å². The van der Waals surface area contributed by atoms with Crippen LogP contribution in [-0.2, 0) is 12.8 Å². The van der Waals surface area contributed by atoms with Gasteiger partial charge in [0.15, 0.2) is 5.82 Å². The van der Waals surface area contributed by atoms with Gasteiger partial charge in [-0.15, -0.1) is 5.10 Å². The number of nitriles is 1. The van der Waals surface area contributed by atoms with Crippen LogP contribution in [0.5, 0.6) is 0 Å². The number of nitrogens with one attached hydrogen (secondary N) is 1. The Balaban J connectivity index is 2.22. The molecule has 0 amide bonds. The van der Waals surface area contributed by atoms with Crippen LogP contribution in [-0.4, -0.2) is 27.7 Å². The van der Waals surface area contributed by atoms with Crippen LogP contribution in [0.1, 0.15) is 49.9 Å². The zero-order chi connectivity index (χ0) is 14.6. The predicted octanol–water partition coefficient (Wildman–Crippen LogP) is 3.17. The van der Waals surface area contributed by atoms with Gasteiger partial charge in [0.2, 0.25) is 0 Å².